The number of fused-ring (bicyclic) bond motifs is 2. The Morgan fingerprint density at radius 2 is 1.91 bits per heavy atom. The fraction of sp³-hybridized carbons (Fsp3) is 0.583. The third-order valence-electron chi connectivity index (χ3n) is 7.78. The van der Waals surface area contributed by atoms with Gasteiger partial charge in [-0.25, -0.2) is 14.2 Å². The van der Waals surface area contributed by atoms with Gasteiger partial charge in [0.25, 0.3) is 0 Å². The van der Waals surface area contributed by atoms with E-state index in [2.05, 4.69) is 25.8 Å². The van der Waals surface area contributed by atoms with Gasteiger partial charge in [0.15, 0.2) is 5.82 Å². The molecule has 11 heteroatoms. The number of ether oxygens (including phenoxy) is 1. The Bertz CT molecular complexity index is 1200. The van der Waals surface area contributed by atoms with E-state index in [-0.39, 0.29) is 35.7 Å². The van der Waals surface area contributed by atoms with E-state index in [1.807, 2.05) is 15.9 Å². The summed E-state index contributed by atoms with van der Waals surface area (Å²) in [7, 11) is 1.73. The van der Waals surface area contributed by atoms with Gasteiger partial charge in [0.1, 0.15) is 17.4 Å². The second-order valence-electron chi connectivity index (χ2n) is 9.90. The second kappa shape index (κ2) is 8.76. The first kappa shape index (κ1) is 22.8. The van der Waals surface area contributed by atoms with Gasteiger partial charge in [-0.15, -0.1) is 0 Å². The number of aromatic nitrogens is 2. The van der Waals surface area contributed by atoms with Crippen molar-refractivity contribution in [1.82, 2.24) is 19.8 Å². The average Bonchev–Trinajstić information content (AvgIpc) is 3.40. The van der Waals surface area contributed by atoms with Gasteiger partial charge in [-0.1, -0.05) is 0 Å². The lowest BCUT2D eigenvalue weighted by Gasteiger charge is -2.41. The molecule has 0 radical (unpaired) electrons. The number of rotatable bonds is 3. The van der Waals surface area contributed by atoms with E-state index in [1.165, 1.54) is 0 Å². The molecule has 0 spiro atoms. The van der Waals surface area contributed by atoms with Crippen molar-refractivity contribution in [2.24, 2.45) is 0 Å². The quantitative estimate of drug-likeness (QED) is 0.584. The Morgan fingerprint density at radius 3 is 2.71 bits per heavy atom. The molecule has 35 heavy (non-hydrogen) atoms. The summed E-state index contributed by atoms with van der Waals surface area (Å²) in [5, 5.41) is 0.656. The summed E-state index contributed by atoms with van der Waals surface area (Å²) in [6, 6.07) is 3.59. The Balaban J connectivity index is 1.36. The molecule has 186 valence electrons. The highest BCUT2D eigenvalue weighted by Gasteiger charge is 2.47. The van der Waals surface area contributed by atoms with Gasteiger partial charge >= 0.3 is 6.09 Å². The fourth-order valence-electron chi connectivity index (χ4n) is 5.86. The number of piperidine rings is 2. The molecule has 2 amide bonds. The zero-order valence-electron chi connectivity index (χ0n) is 19.6. The summed E-state index contributed by atoms with van der Waals surface area (Å²) in [5.41, 5.74) is 0.262. The summed E-state index contributed by atoms with van der Waals surface area (Å²) < 4.78 is 21.1. The van der Waals surface area contributed by atoms with Crippen LogP contribution in [0.25, 0.3) is 10.9 Å². The zero-order valence-corrected chi connectivity index (χ0v) is 21.2. The van der Waals surface area contributed by atoms with E-state index >= 15 is 4.39 Å². The van der Waals surface area contributed by atoms with Gasteiger partial charge in [-0.2, -0.15) is 4.98 Å². The van der Waals surface area contributed by atoms with Gasteiger partial charge in [0.05, 0.1) is 17.1 Å². The van der Waals surface area contributed by atoms with Crippen molar-refractivity contribution in [2.45, 2.75) is 50.3 Å². The van der Waals surface area contributed by atoms with Crippen molar-refractivity contribution in [3.63, 3.8) is 0 Å². The molecule has 0 saturated carbocycles. The minimum atomic E-state index is -0.421. The summed E-state index contributed by atoms with van der Waals surface area (Å²) >= 11 is 3.30. The molecule has 3 atom stereocenters. The van der Waals surface area contributed by atoms with Crippen molar-refractivity contribution in [3.05, 3.63) is 22.4 Å². The molecule has 6 rings (SSSR count). The summed E-state index contributed by atoms with van der Waals surface area (Å²) in [4.78, 5) is 41.8. The number of hydrogen-bond acceptors (Lipinski definition) is 7. The van der Waals surface area contributed by atoms with Gasteiger partial charge in [-0.05, 0) is 53.7 Å². The smallest absolute Gasteiger partial charge is 0.410 e. The van der Waals surface area contributed by atoms with Crippen LogP contribution >= 0.6 is 15.9 Å². The van der Waals surface area contributed by atoms with E-state index in [0.29, 0.717) is 47.7 Å². The maximum Gasteiger partial charge on any atom is 0.410 e. The standard InChI is InChI=1S/C24H28BrFN6O3/c1-29-17-12-31(13-18(17)35-24(29)34)23-27-21-15(7-8-16(25)20(21)26)22(28-23)30-9-4-5-14(11-30)32-10-3-2-6-19(32)33/h7-8,14,17-18H,2-6,9-13H2,1H3/t14?,17-,18+/m1/s1. The first-order chi connectivity index (χ1) is 16.9. The summed E-state index contributed by atoms with van der Waals surface area (Å²) in [6.45, 7) is 3.25. The molecule has 1 unspecified atom stereocenters. The molecule has 9 nitrogen and oxygen atoms in total. The number of carbonyl (C=O) groups is 2. The average molecular weight is 547 g/mol. The van der Waals surface area contributed by atoms with Gasteiger partial charge in [0.2, 0.25) is 11.9 Å². The third kappa shape index (κ3) is 3.88. The predicted molar refractivity (Wildman–Crippen MR) is 132 cm³/mol. The van der Waals surface area contributed by atoms with Crippen LogP contribution in [-0.4, -0.2) is 89.7 Å². The number of anilines is 2. The number of amides is 2. The number of hydrogen-bond donors (Lipinski definition) is 0. The number of benzene rings is 1. The van der Waals surface area contributed by atoms with Gasteiger partial charge in [0, 0.05) is 51.1 Å². The molecule has 5 heterocycles. The lowest BCUT2D eigenvalue weighted by molar-refractivity contribution is -0.135. The molecule has 1 aromatic carbocycles. The number of halogens is 2. The maximum atomic E-state index is 15.3. The van der Waals surface area contributed by atoms with Crippen molar-refractivity contribution in [3.8, 4) is 0 Å². The van der Waals surface area contributed by atoms with Crippen LogP contribution in [0.2, 0.25) is 0 Å². The Labute approximate surface area is 211 Å². The van der Waals surface area contributed by atoms with Crippen LogP contribution in [-0.2, 0) is 9.53 Å². The lowest BCUT2D eigenvalue weighted by Crippen LogP contribution is -2.52. The summed E-state index contributed by atoms with van der Waals surface area (Å²) in [6.07, 6.45) is 3.94. The van der Waals surface area contributed by atoms with Crippen LogP contribution in [0.3, 0.4) is 0 Å². The SMILES string of the molecule is CN1C(=O)O[C@H]2CN(c3nc(N4CCCC(N5CCCCC5=O)C4)c4ccc(Br)c(F)c4n3)C[C@H]21. The van der Waals surface area contributed by atoms with Crippen LogP contribution in [0.5, 0.6) is 0 Å². The minimum absolute atomic E-state index is 0.0814. The van der Waals surface area contributed by atoms with Crippen molar-refractivity contribution in [1.29, 1.82) is 0 Å². The molecule has 1 aromatic heterocycles. The van der Waals surface area contributed by atoms with Crippen LogP contribution in [0, 0.1) is 5.82 Å². The Hall–Kier alpha value is -2.69. The largest absolute Gasteiger partial charge is 0.442 e. The molecule has 0 bridgehead atoms. The molecule has 4 saturated heterocycles. The van der Waals surface area contributed by atoms with E-state index in [4.69, 9.17) is 9.72 Å². The number of likely N-dealkylation sites (tertiary alicyclic amines) is 1. The molecule has 2 aromatic rings. The lowest BCUT2D eigenvalue weighted by atomic mass is 10.00. The summed E-state index contributed by atoms with van der Waals surface area (Å²) in [5.74, 6) is 0.927. The zero-order chi connectivity index (χ0) is 24.3. The first-order valence-electron chi connectivity index (χ1n) is 12.3. The molecular formula is C24H28BrFN6O3. The van der Waals surface area contributed by atoms with Crippen LogP contribution in [0.1, 0.15) is 32.1 Å². The molecule has 4 aliphatic rings. The molecule has 4 fully saturated rings. The maximum absolute atomic E-state index is 15.3. The number of nitrogens with zero attached hydrogens (tertiary/aromatic N) is 6. The van der Waals surface area contributed by atoms with Crippen LogP contribution in [0.4, 0.5) is 21.0 Å². The van der Waals surface area contributed by atoms with Crippen LogP contribution in [0.15, 0.2) is 16.6 Å². The van der Waals surface area contributed by atoms with E-state index in [9.17, 15) is 9.59 Å². The normalized spacial score (nSPS) is 27.1. The van der Waals surface area contributed by atoms with E-state index in [0.717, 1.165) is 38.8 Å². The van der Waals surface area contributed by atoms with Crippen LogP contribution < -0.4 is 9.80 Å². The van der Waals surface area contributed by atoms with E-state index in [1.54, 1.807) is 18.0 Å². The Kier molecular flexibility index (Phi) is 5.69. The highest BCUT2D eigenvalue weighted by Crippen LogP contribution is 2.35. The number of likely N-dealkylation sites (N-methyl/N-ethyl adjacent to an activating group) is 1. The van der Waals surface area contributed by atoms with Gasteiger partial charge < -0.3 is 24.3 Å². The molecule has 4 aliphatic heterocycles. The first-order valence-corrected chi connectivity index (χ1v) is 13.1. The topological polar surface area (TPSA) is 82.1 Å². The van der Waals surface area contributed by atoms with Crippen molar-refractivity contribution < 1.29 is 18.7 Å². The fourth-order valence-corrected chi connectivity index (χ4v) is 6.18. The second-order valence-corrected chi connectivity index (χ2v) is 10.8. The molecule has 0 aliphatic carbocycles. The molecule has 0 N–H and O–H groups in total. The highest BCUT2D eigenvalue weighted by atomic mass is 79.9. The highest BCUT2D eigenvalue weighted by molar-refractivity contribution is 9.10. The van der Waals surface area contributed by atoms with Crippen molar-refractivity contribution >= 4 is 50.6 Å². The predicted octanol–water partition coefficient (Wildman–Crippen LogP) is 3.15. The molecular weight excluding hydrogens is 519 g/mol. The minimum Gasteiger partial charge on any atom is -0.442 e. The van der Waals surface area contributed by atoms with Crippen molar-refractivity contribution in [2.75, 3.05) is 49.6 Å². The number of carbonyl (C=O) groups excluding carboxylic acids is 2. The monoisotopic (exact) mass is 546 g/mol. The Morgan fingerprint density at radius 1 is 1.06 bits per heavy atom. The third-order valence-corrected chi connectivity index (χ3v) is 8.39. The van der Waals surface area contributed by atoms with E-state index < -0.39 is 5.82 Å². The van der Waals surface area contributed by atoms with Gasteiger partial charge in [-0.3, -0.25) is 4.79 Å².